The Kier molecular flexibility index (Phi) is 6.56. The Morgan fingerprint density at radius 1 is 1.06 bits per heavy atom. The zero-order valence-electron chi connectivity index (χ0n) is 17.7. The summed E-state index contributed by atoms with van der Waals surface area (Å²) in [5, 5.41) is 10.00. The summed E-state index contributed by atoms with van der Waals surface area (Å²) in [5.41, 5.74) is 2.64. The number of rotatable bonds is 6. The Balaban J connectivity index is 1.81. The first-order valence-electron chi connectivity index (χ1n) is 10.2. The number of fused-ring (bicyclic) bond motifs is 1. The largest absolute Gasteiger partial charge is 0.486 e. The summed E-state index contributed by atoms with van der Waals surface area (Å²) in [4.78, 5) is 11.2. The minimum absolute atomic E-state index is 0.00366. The molecule has 3 aromatic carbocycles. The number of ether oxygens (including phenoxy) is 1. The second-order valence-electron chi connectivity index (χ2n) is 7.87. The van der Waals surface area contributed by atoms with Gasteiger partial charge in [0.1, 0.15) is 11.9 Å². The van der Waals surface area contributed by atoms with Gasteiger partial charge in [0, 0.05) is 16.5 Å². The van der Waals surface area contributed by atoms with Crippen LogP contribution in [0, 0.1) is 6.92 Å². The van der Waals surface area contributed by atoms with E-state index in [1.807, 2.05) is 13.0 Å². The third kappa shape index (κ3) is 5.11. The number of aliphatic carboxylic acids is 1. The molecule has 0 aliphatic carbocycles. The van der Waals surface area contributed by atoms with Gasteiger partial charge in [0.15, 0.2) is 0 Å². The van der Waals surface area contributed by atoms with E-state index in [9.17, 15) is 13.2 Å². The number of carbonyl (C=O) groups is 1. The minimum Gasteiger partial charge on any atom is -0.486 e. The van der Waals surface area contributed by atoms with E-state index in [1.54, 1.807) is 54.6 Å². The van der Waals surface area contributed by atoms with Crippen LogP contribution in [0.2, 0.25) is 10.0 Å². The van der Waals surface area contributed by atoms with Crippen LogP contribution in [-0.2, 0) is 14.8 Å². The van der Waals surface area contributed by atoms with Gasteiger partial charge in [-0.25, -0.2) is 8.42 Å². The number of carboxylic acids is 1. The molecule has 0 unspecified atom stereocenters. The maximum absolute atomic E-state index is 13.7. The van der Waals surface area contributed by atoms with Crippen molar-refractivity contribution in [2.24, 2.45) is 0 Å². The first kappa shape index (κ1) is 23.4. The lowest BCUT2D eigenvalue weighted by Gasteiger charge is -2.35. The summed E-state index contributed by atoms with van der Waals surface area (Å²) in [5.74, 6) is -0.601. The van der Waals surface area contributed by atoms with Crippen molar-refractivity contribution < 1.29 is 23.1 Å². The number of anilines is 1. The van der Waals surface area contributed by atoms with Gasteiger partial charge >= 0.3 is 5.97 Å². The van der Waals surface area contributed by atoms with E-state index >= 15 is 0 Å². The van der Waals surface area contributed by atoms with Crippen molar-refractivity contribution in [1.82, 2.24) is 0 Å². The van der Waals surface area contributed by atoms with E-state index in [4.69, 9.17) is 33.0 Å². The molecule has 0 spiro atoms. The van der Waals surface area contributed by atoms with Crippen molar-refractivity contribution in [2.45, 2.75) is 30.8 Å². The molecule has 0 saturated heterocycles. The van der Waals surface area contributed by atoms with Crippen LogP contribution in [-0.4, -0.2) is 32.1 Å². The summed E-state index contributed by atoms with van der Waals surface area (Å²) in [7, 11) is -3.93. The van der Waals surface area contributed by atoms with Crippen molar-refractivity contribution in [1.29, 1.82) is 0 Å². The molecule has 1 N–H and O–H groups in total. The van der Waals surface area contributed by atoms with Gasteiger partial charge in [0.05, 0.1) is 17.1 Å². The van der Waals surface area contributed by atoms with E-state index in [-0.39, 0.29) is 24.3 Å². The fraction of sp³-hybridized carbons (Fsp3) is 0.208. The third-order valence-electron chi connectivity index (χ3n) is 5.34. The molecule has 4 rings (SSSR count). The number of aryl methyl sites for hydroxylation is 1. The number of hydrogen-bond acceptors (Lipinski definition) is 4. The first-order valence-corrected chi connectivity index (χ1v) is 12.4. The molecule has 1 heterocycles. The van der Waals surface area contributed by atoms with Crippen LogP contribution in [0.5, 0.6) is 5.75 Å². The van der Waals surface area contributed by atoms with Crippen LogP contribution in [0.3, 0.4) is 0 Å². The van der Waals surface area contributed by atoms with Crippen molar-refractivity contribution in [3.05, 3.63) is 76.3 Å². The zero-order valence-corrected chi connectivity index (χ0v) is 20.0. The van der Waals surface area contributed by atoms with Gasteiger partial charge < -0.3 is 9.84 Å². The molecule has 3 aromatic rings. The highest BCUT2D eigenvalue weighted by Crippen LogP contribution is 2.41. The Hall–Kier alpha value is -2.74. The van der Waals surface area contributed by atoms with E-state index in [1.165, 1.54) is 4.31 Å². The molecule has 1 atom stereocenters. The topological polar surface area (TPSA) is 83.9 Å². The fourth-order valence-electron chi connectivity index (χ4n) is 3.78. The van der Waals surface area contributed by atoms with Gasteiger partial charge in [-0.15, -0.1) is 0 Å². The van der Waals surface area contributed by atoms with E-state index in [0.29, 0.717) is 21.5 Å². The van der Waals surface area contributed by atoms with E-state index in [2.05, 4.69) is 0 Å². The van der Waals surface area contributed by atoms with Gasteiger partial charge in [0.25, 0.3) is 10.0 Å². The summed E-state index contributed by atoms with van der Waals surface area (Å²) in [6, 6.07) is 17.0. The molecule has 9 heteroatoms. The molecule has 0 amide bonds. The number of carboxylic acid groups (broad SMARTS) is 1. The van der Waals surface area contributed by atoms with Crippen LogP contribution in [0.1, 0.15) is 18.4 Å². The van der Waals surface area contributed by atoms with Crippen LogP contribution in [0.15, 0.2) is 65.6 Å². The Morgan fingerprint density at radius 3 is 2.45 bits per heavy atom. The monoisotopic (exact) mass is 505 g/mol. The lowest BCUT2D eigenvalue weighted by molar-refractivity contribution is -0.137. The Morgan fingerprint density at radius 2 is 1.79 bits per heavy atom. The number of halogens is 2. The predicted molar refractivity (Wildman–Crippen MR) is 129 cm³/mol. The third-order valence-corrected chi connectivity index (χ3v) is 7.56. The second kappa shape index (κ2) is 9.25. The SMILES string of the molecule is Cc1cccc(S(=O)(=O)N2C[C@H](CCC(=O)O)Oc3ccc(-c4cc(Cl)cc(Cl)c4)cc32)c1. The van der Waals surface area contributed by atoms with Crippen molar-refractivity contribution in [2.75, 3.05) is 10.8 Å². The second-order valence-corrected chi connectivity index (χ2v) is 10.6. The molecule has 1 aliphatic heterocycles. The number of hydrogen-bond donors (Lipinski definition) is 1. The summed E-state index contributed by atoms with van der Waals surface area (Å²) in [6.45, 7) is 1.82. The summed E-state index contributed by atoms with van der Waals surface area (Å²) in [6.07, 6.45) is -0.544. The van der Waals surface area contributed by atoms with Gasteiger partial charge in [-0.1, -0.05) is 41.4 Å². The highest BCUT2D eigenvalue weighted by atomic mass is 35.5. The Bertz CT molecular complexity index is 1310. The number of nitrogens with zero attached hydrogens (tertiary/aromatic N) is 1. The van der Waals surface area contributed by atoms with Crippen LogP contribution in [0.25, 0.3) is 11.1 Å². The average Bonchev–Trinajstić information content (AvgIpc) is 2.76. The van der Waals surface area contributed by atoms with Crippen LogP contribution < -0.4 is 9.04 Å². The molecule has 172 valence electrons. The molecule has 6 nitrogen and oxygen atoms in total. The minimum atomic E-state index is -3.93. The molecule has 0 saturated carbocycles. The van der Waals surface area contributed by atoms with E-state index in [0.717, 1.165) is 16.7 Å². The number of benzene rings is 3. The van der Waals surface area contributed by atoms with Gasteiger partial charge in [-0.2, -0.15) is 0 Å². The zero-order chi connectivity index (χ0) is 23.8. The molecule has 0 aromatic heterocycles. The Labute approximate surface area is 202 Å². The fourth-order valence-corrected chi connectivity index (χ4v) is 5.91. The van der Waals surface area contributed by atoms with Gasteiger partial charge in [0.2, 0.25) is 0 Å². The molecule has 33 heavy (non-hydrogen) atoms. The lowest BCUT2D eigenvalue weighted by Crippen LogP contribution is -2.43. The molecule has 0 radical (unpaired) electrons. The molecule has 0 fully saturated rings. The standard InChI is InChI=1S/C24H21Cl2NO5S/c1-15-3-2-4-21(9-15)33(30,31)27-14-20(6-8-24(28)29)32-23-7-5-16(12-22(23)27)17-10-18(25)13-19(26)11-17/h2-5,7,9-13,20H,6,8,14H2,1H3,(H,28,29)/t20-/m0/s1. The lowest BCUT2D eigenvalue weighted by atomic mass is 10.0. The van der Waals surface area contributed by atoms with Crippen molar-refractivity contribution in [3.63, 3.8) is 0 Å². The highest BCUT2D eigenvalue weighted by Gasteiger charge is 2.35. The first-order chi connectivity index (χ1) is 15.6. The molecule has 0 bridgehead atoms. The normalized spacial score (nSPS) is 15.6. The van der Waals surface area contributed by atoms with Crippen LogP contribution >= 0.6 is 23.2 Å². The van der Waals surface area contributed by atoms with Gasteiger partial charge in [-0.3, -0.25) is 9.10 Å². The maximum atomic E-state index is 13.7. The molecular formula is C24H21Cl2NO5S. The quantitative estimate of drug-likeness (QED) is 0.458. The average molecular weight is 506 g/mol. The highest BCUT2D eigenvalue weighted by molar-refractivity contribution is 7.92. The van der Waals surface area contributed by atoms with Gasteiger partial charge in [-0.05, 0) is 72.5 Å². The molecular weight excluding hydrogens is 485 g/mol. The van der Waals surface area contributed by atoms with Crippen LogP contribution in [0.4, 0.5) is 5.69 Å². The van der Waals surface area contributed by atoms with Crippen molar-refractivity contribution >= 4 is 44.9 Å². The van der Waals surface area contributed by atoms with Crippen molar-refractivity contribution in [3.8, 4) is 16.9 Å². The summed E-state index contributed by atoms with van der Waals surface area (Å²) < 4.78 is 34.6. The molecule has 1 aliphatic rings. The van der Waals surface area contributed by atoms with E-state index < -0.39 is 22.1 Å². The predicted octanol–water partition coefficient (Wildman–Crippen LogP) is 5.79. The number of sulfonamides is 1. The smallest absolute Gasteiger partial charge is 0.303 e. The maximum Gasteiger partial charge on any atom is 0.303 e. The summed E-state index contributed by atoms with van der Waals surface area (Å²) >= 11 is 12.3.